The van der Waals surface area contributed by atoms with Gasteiger partial charge in [-0.25, -0.2) is 17.9 Å². The second-order valence-corrected chi connectivity index (χ2v) is 11.7. The lowest BCUT2D eigenvalue weighted by Gasteiger charge is -2.32. The number of primary amides is 1. The highest BCUT2D eigenvalue weighted by molar-refractivity contribution is 7.90. The van der Waals surface area contributed by atoms with Gasteiger partial charge in [-0.15, -0.1) is 5.10 Å². The largest absolute Gasteiger partial charge is 0.369 e. The van der Waals surface area contributed by atoms with Crippen molar-refractivity contribution in [2.45, 2.75) is 30.6 Å². The molecule has 4 aromatic rings. The van der Waals surface area contributed by atoms with Crippen LogP contribution in [0.3, 0.4) is 0 Å². The van der Waals surface area contributed by atoms with Crippen molar-refractivity contribution in [3.8, 4) is 11.3 Å². The Morgan fingerprint density at radius 1 is 1.08 bits per heavy atom. The molecule has 1 amide bonds. The molecule has 1 aliphatic heterocycles. The van der Waals surface area contributed by atoms with Gasteiger partial charge in [0.15, 0.2) is 9.84 Å². The van der Waals surface area contributed by atoms with Crippen molar-refractivity contribution in [2.75, 3.05) is 31.2 Å². The number of sulfone groups is 1. The maximum absolute atomic E-state index is 11.8. The van der Waals surface area contributed by atoms with Gasteiger partial charge in [-0.3, -0.25) is 9.69 Å². The predicted molar refractivity (Wildman–Crippen MR) is 144 cm³/mol. The summed E-state index contributed by atoms with van der Waals surface area (Å²) in [4.78, 5) is 18.1. The lowest BCUT2D eigenvalue weighted by Crippen LogP contribution is -2.39. The Morgan fingerprint density at radius 2 is 1.81 bits per heavy atom. The zero-order chi connectivity index (χ0) is 26.2. The van der Waals surface area contributed by atoms with Crippen LogP contribution < -0.4 is 11.1 Å². The third-order valence-corrected chi connectivity index (χ3v) is 8.04. The number of aromatic nitrogens is 3. The van der Waals surface area contributed by atoms with E-state index in [1.807, 2.05) is 18.2 Å². The number of amides is 1. The number of nitrogens with two attached hydrogens (primary N) is 1. The number of hydrogen-bond acceptors (Lipinski definition) is 7. The van der Waals surface area contributed by atoms with E-state index in [2.05, 4.69) is 39.4 Å². The number of carbonyl (C=O) groups excluding carboxylic acids is 1. The highest BCUT2D eigenvalue weighted by atomic mass is 32.2. The van der Waals surface area contributed by atoms with E-state index in [1.54, 1.807) is 35.0 Å². The number of fused-ring (bicyclic) bond motifs is 1. The van der Waals surface area contributed by atoms with Crippen molar-refractivity contribution in [3.63, 3.8) is 0 Å². The molecule has 192 valence electrons. The molecule has 0 unspecified atom stereocenters. The van der Waals surface area contributed by atoms with E-state index in [0.29, 0.717) is 18.4 Å². The summed E-state index contributed by atoms with van der Waals surface area (Å²) in [6.07, 6.45) is 4.96. The van der Waals surface area contributed by atoms with Crippen LogP contribution in [0, 0.1) is 6.92 Å². The lowest BCUT2D eigenvalue weighted by atomic mass is 9.86. The molecule has 0 spiro atoms. The van der Waals surface area contributed by atoms with Crippen molar-refractivity contribution in [1.29, 1.82) is 0 Å². The molecule has 37 heavy (non-hydrogen) atoms. The van der Waals surface area contributed by atoms with Crippen LogP contribution in [0.2, 0.25) is 0 Å². The summed E-state index contributed by atoms with van der Waals surface area (Å²) < 4.78 is 25.4. The van der Waals surface area contributed by atoms with E-state index < -0.39 is 9.84 Å². The first-order valence-electron chi connectivity index (χ1n) is 12.2. The molecule has 2 aromatic heterocycles. The van der Waals surface area contributed by atoms with Crippen LogP contribution in [0.15, 0.2) is 65.7 Å². The fourth-order valence-electron chi connectivity index (χ4n) is 5.01. The summed E-state index contributed by atoms with van der Waals surface area (Å²) in [5.74, 6) is 0.647. The van der Waals surface area contributed by atoms with Crippen LogP contribution >= 0.6 is 0 Å². The number of benzene rings is 2. The third-order valence-electron chi connectivity index (χ3n) is 6.91. The minimum atomic E-state index is -3.25. The van der Waals surface area contributed by atoms with Gasteiger partial charge in [0, 0.05) is 17.5 Å². The van der Waals surface area contributed by atoms with Crippen LogP contribution in [0.1, 0.15) is 29.9 Å². The van der Waals surface area contributed by atoms with Crippen molar-refractivity contribution < 1.29 is 13.2 Å². The topological polar surface area (TPSA) is 123 Å². The van der Waals surface area contributed by atoms with Crippen molar-refractivity contribution in [2.24, 2.45) is 5.73 Å². The molecular weight excluding hydrogens is 488 g/mol. The molecule has 3 N–H and O–H groups in total. The van der Waals surface area contributed by atoms with Crippen LogP contribution in [0.4, 0.5) is 11.6 Å². The van der Waals surface area contributed by atoms with Gasteiger partial charge in [-0.1, -0.05) is 18.2 Å². The van der Waals surface area contributed by atoms with Crippen LogP contribution in [-0.4, -0.2) is 59.7 Å². The van der Waals surface area contributed by atoms with Crippen molar-refractivity contribution in [1.82, 2.24) is 19.5 Å². The molecule has 1 fully saturated rings. The highest BCUT2D eigenvalue weighted by Crippen LogP contribution is 2.32. The zero-order valence-electron chi connectivity index (χ0n) is 20.9. The molecule has 3 heterocycles. The Labute approximate surface area is 216 Å². The van der Waals surface area contributed by atoms with E-state index in [4.69, 9.17) is 5.73 Å². The number of hydrogen-bond donors (Lipinski definition) is 2. The fraction of sp³-hybridized carbons (Fsp3) is 0.296. The van der Waals surface area contributed by atoms with E-state index in [1.165, 1.54) is 17.4 Å². The summed E-state index contributed by atoms with van der Waals surface area (Å²) in [5.41, 5.74) is 11.3. The van der Waals surface area contributed by atoms with Crippen molar-refractivity contribution in [3.05, 3.63) is 71.9 Å². The summed E-state index contributed by atoms with van der Waals surface area (Å²) in [6.45, 7) is 4.19. The average Bonchev–Trinajstić information content (AvgIpc) is 3.27. The average molecular weight is 519 g/mol. The Balaban J connectivity index is 1.33. The van der Waals surface area contributed by atoms with Gasteiger partial charge >= 0.3 is 0 Å². The smallest absolute Gasteiger partial charge is 0.245 e. The van der Waals surface area contributed by atoms with Crippen molar-refractivity contribution >= 4 is 32.9 Å². The molecule has 0 bridgehead atoms. The van der Waals surface area contributed by atoms with Gasteiger partial charge in [0.05, 0.1) is 28.8 Å². The predicted octanol–water partition coefficient (Wildman–Crippen LogP) is 3.52. The zero-order valence-corrected chi connectivity index (χ0v) is 21.7. The summed E-state index contributed by atoms with van der Waals surface area (Å²) in [5, 5.41) is 8.00. The number of anilines is 2. The SMILES string of the molecule is Cc1cc(Nc2ncc3ccc(-c4ccc(S(C)(=O)=O)cc4)n3n2)ccc1C1CCN(CC(N)=O)CC1. The second kappa shape index (κ2) is 9.95. The third kappa shape index (κ3) is 5.50. The van der Waals surface area contributed by atoms with Gasteiger partial charge in [0.1, 0.15) is 0 Å². The number of likely N-dealkylation sites (tertiary alicyclic amines) is 1. The second-order valence-electron chi connectivity index (χ2n) is 9.65. The molecule has 0 saturated carbocycles. The molecule has 0 radical (unpaired) electrons. The van der Waals surface area contributed by atoms with E-state index in [-0.39, 0.29) is 10.8 Å². The number of aryl methyl sites for hydroxylation is 1. The Hall–Kier alpha value is -3.76. The normalized spacial score (nSPS) is 15.2. The van der Waals surface area contributed by atoms with E-state index in [0.717, 1.165) is 48.4 Å². The molecule has 1 saturated heterocycles. The molecule has 2 aromatic carbocycles. The first kappa shape index (κ1) is 24.9. The molecule has 0 aliphatic carbocycles. The minimum absolute atomic E-state index is 0.276. The van der Waals surface area contributed by atoms with Crippen LogP contribution in [0.25, 0.3) is 16.8 Å². The summed E-state index contributed by atoms with van der Waals surface area (Å²) in [6, 6.07) is 17.0. The molecule has 5 rings (SSSR count). The van der Waals surface area contributed by atoms with Crippen LogP contribution in [0.5, 0.6) is 0 Å². The number of piperidine rings is 1. The first-order valence-corrected chi connectivity index (χ1v) is 14.1. The monoisotopic (exact) mass is 518 g/mol. The van der Waals surface area contributed by atoms with Gasteiger partial charge in [0.2, 0.25) is 11.9 Å². The molecular formula is C27H30N6O3S. The first-order chi connectivity index (χ1) is 17.7. The molecule has 9 nitrogen and oxygen atoms in total. The fourth-order valence-corrected chi connectivity index (χ4v) is 5.64. The number of rotatable bonds is 7. The summed E-state index contributed by atoms with van der Waals surface area (Å²) >= 11 is 0. The van der Waals surface area contributed by atoms with Gasteiger partial charge < -0.3 is 11.1 Å². The minimum Gasteiger partial charge on any atom is -0.369 e. The molecule has 1 aliphatic rings. The number of nitrogens with one attached hydrogen (secondary N) is 1. The van der Waals surface area contributed by atoms with E-state index >= 15 is 0 Å². The van der Waals surface area contributed by atoms with Gasteiger partial charge in [0.25, 0.3) is 0 Å². The number of carbonyl (C=O) groups is 1. The van der Waals surface area contributed by atoms with E-state index in [9.17, 15) is 13.2 Å². The Kier molecular flexibility index (Phi) is 6.70. The van der Waals surface area contributed by atoms with Gasteiger partial charge in [-0.2, -0.15) is 0 Å². The summed E-state index contributed by atoms with van der Waals surface area (Å²) in [7, 11) is -3.25. The number of nitrogens with zero attached hydrogens (tertiary/aromatic N) is 4. The Bertz CT molecular complexity index is 1560. The maximum Gasteiger partial charge on any atom is 0.245 e. The maximum atomic E-state index is 11.8. The quantitative estimate of drug-likeness (QED) is 0.384. The lowest BCUT2D eigenvalue weighted by molar-refractivity contribution is -0.119. The Morgan fingerprint density at radius 3 is 2.46 bits per heavy atom. The molecule has 10 heteroatoms. The standard InChI is InChI=1S/C27H30N6O3S/c1-18-15-21(5-9-24(18)19-11-13-32(14-12-19)17-26(28)34)30-27-29-16-22-6-10-25(33(22)31-27)20-3-7-23(8-4-20)37(2,35)36/h3-10,15-16,19H,11-14,17H2,1-2H3,(H2,28,34)(H,30,31). The van der Waals surface area contributed by atoms with Crippen LogP contribution in [-0.2, 0) is 14.6 Å². The molecule has 0 atom stereocenters. The van der Waals surface area contributed by atoms with Gasteiger partial charge in [-0.05, 0) is 86.3 Å². The highest BCUT2D eigenvalue weighted by Gasteiger charge is 2.22.